The lowest BCUT2D eigenvalue weighted by Crippen LogP contribution is -2.47. The number of hydrogen-bond acceptors (Lipinski definition) is 5. The second-order valence-corrected chi connectivity index (χ2v) is 4.34. The van der Waals surface area contributed by atoms with Crippen LogP contribution in [0.25, 0.3) is 0 Å². The second-order valence-electron chi connectivity index (χ2n) is 4.34. The van der Waals surface area contributed by atoms with Crippen LogP contribution in [0.1, 0.15) is 20.3 Å². The molecule has 1 heterocycles. The first-order valence-electron chi connectivity index (χ1n) is 5.90. The van der Waals surface area contributed by atoms with Gasteiger partial charge in [0.1, 0.15) is 0 Å². The molecule has 0 radical (unpaired) electrons. The third-order valence-corrected chi connectivity index (χ3v) is 2.89. The fraction of sp³-hybridized carbons (Fsp3) is 0.818. The average Bonchev–Trinajstić information content (AvgIpc) is 2.23. The number of alkyl carbamates (subject to hydrolysis) is 1. The number of piperidine rings is 1. The number of nitrogens with one attached hydrogen (secondary N) is 1. The topological polar surface area (TPSA) is 78.9 Å². The third-order valence-electron chi connectivity index (χ3n) is 2.89. The van der Waals surface area contributed by atoms with Crippen molar-refractivity contribution in [3.05, 3.63) is 0 Å². The van der Waals surface area contributed by atoms with Gasteiger partial charge in [-0.2, -0.15) is 0 Å². The lowest BCUT2D eigenvalue weighted by molar-refractivity contribution is -0.122. The van der Waals surface area contributed by atoms with Gasteiger partial charge in [-0.3, -0.25) is 15.0 Å². The van der Waals surface area contributed by atoms with Crippen molar-refractivity contribution in [1.29, 1.82) is 0 Å². The van der Waals surface area contributed by atoms with Crippen LogP contribution in [0.3, 0.4) is 0 Å². The van der Waals surface area contributed by atoms with Gasteiger partial charge in [0.25, 0.3) is 0 Å². The van der Waals surface area contributed by atoms with Crippen molar-refractivity contribution in [2.24, 2.45) is 5.92 Å². The van der Waals surface area contributed by atoms with E-state index in [2.05, 4.69) is 10.1 Å². The van der Waals surface area contributed by atoms with E-state index in [1.165, 1.54) is 0 Å². The van der Waals surface area contributed by atoms with Crippen molar-refractivity contribution in [2.75, 3.05) is 26.2 Å². The summed E-state index contributed by atoms with van der Waals surface area (Å²) in [5.41, 5.74) is 0. The van der Waals surface area contributed by atoms with E-state index in [-0.39, 0.29) is 19.1 Å². The molecular weight excluding hydrogens is 224 g/mol. The zero-order valence-electron chi connectivity index (χ0n) is 10.3. The summed E-state index contributed by atoms with van der Waals surface area (Å²) >= 11 is 0. The molecule has 1 aliphatic rings. The maximum absolute atomic E-state index is 11.4. The summed E-state index contributed by atoms with van der Waals surface area (Å²) in [5, 5.41) is 11.8. The smallest absolute Gasteiger partial charge is 0.413 e. The van der Waals surface area contributed by atoms with Crippen LogP contribution in [0.15, 0.2) is 0 Å². The van der Waals surface area contributed by atoms with Gasteiger partial charge in [0, 0.05) is 6.54 Å². The number of imide groups is 1. The predicted molar refractivity (Wildman–Crippen MR) is 61.4 cm³/mol. The molecule has 1 aliphatic heterocycles. The maximum Gasteiger partial charge on any atom is 0.413 e. The quantitative estimate of drug-likeness (QED) is 0.728. The average molecular weight is 244 g/mol. The Morgan fingerprint density at radius 3 is 2.82 bits per heavy atom. The monoisotopic (exact) mass is 244 g/mol. The number of β-amino-alcohol motifs (C(OH)–C–C–N with tert-alkyl or cyclic N) is 1. The lowest BCUT2D eigenvalue weighted by Gasteiger charge is -2.33. The third kappa shape index (κ3) is 4.70. The van der Waals surface area contributed by atoms with Crippen LogP contribution >= 0.6 is 0 Å². The lowest BCUT2D eigenvalue weighted by atomic mass is 9.96. The molecule has 17 heavy (non-hydrogen) atoms. The molecule has 1 fully saturated rings. The normalized spacial score (nSPS) is 25.4. The van der Waals surface area contributed by atoms with E-state index in [4.69, 9.17) is 0 Å². The van der Waals surface area contributed by atoms with Crippen LogP contribution in [0.5, 0.6) is 0 Å². The summed E-state index contributed by atoms with van der Waals surface area (Å²) in [6, 6.07) is 0. The van der Waals surface area contributed by atoms with Gasteiger partial charge in [0.15, 0.2) is 0 Å². The highest BCUT2D eigenvalue weighted by Gasteiger charge is 2.25. The molecule has 6 nitrogen and oxygen atoms in total. The summed E-state index contributed by atoms with van der Waals surface area (Å²) in [6.45, 7) is 5.24. The first-order chi connectivity index (χ1) is 8.02. The number of carbonyl (C=O) groups is 2. The minimum Gasteiger partial charge on any atom is -0.450 e. The molecule has 2 atom stereocenters. The molecule has 0 saturated carbocycles. The number of ether oxygens (including phenoxy) is 1. The van der Waals surface area contributed by atoms with Crippen LogP contribution in [0.4, 0.5) is 4.79 Å². The van der Waals surface area contributed by atoms with E-state index in [9.17, 15) is 14.7 Å². The van der Waals surface area contributed by atoms with Crippen molar-refractivity contribution in [3.8, 4) is 0 Å². The molecule has 0 spiro atoms. The highest BCUT2D eigenvalue weighted by Crippen LogP contribution is 2.16. The minimum atomic E-state index is -0.719. The fourth-order valence-electron chi connectivity index (χ4n) is 1.78. The van der Waals surface area contributed by atoms with Crippen LogP contribution in [0.2, 0.25) is 0 Å². The van der Waals surface area contributed by atoms with Gasteiger partial charge in [0.2, 0.25) is 5.91 Å². The van der Waals surface area contributed by atoms with E-state index in [1.54, 1.807) is 6.92 Å². The van der Waals surface area contributed by atoms with Crippen LogP contribution in [0, 0.1) is 5.92 Å². The van der Waals surface area contributed by atoms with Gasteiger partial charge in [-0.1, -0.05) is 6.92 Å². The molecule has 0 aliphatic carbocycles. The first kappa shape index (κ1) is 13.9. The molecule has 0 bridgehead atoms. The molecule has 2 unspecified atom stereocenters. The molecule has 98 valence electrons. The van der Waals surface area contributed by atoms with Gasteiger partial charge in [-0.05, 0) is 25.8 Å². The number of amides is 2. The number of aliphatic hydroxyl groups is 1. The number of likely N-dealkylation sites (tertiary alicyclic amines) is 1. The van der Waals surface area contributed by atoms with Crippen LogP contribution in [-0.4, -0.2) is 54.4 Å². The summed E-state index contributed by atoms with van der Waals surface area (Å²) in [5.74, 6) is -0.135. The largest absolute Gasteiger partial charge is 0.450 e. The Hall–Kier alpha value is -1.14. The molecule has 2 amide bonds. The minimum absolute atomic E-state index is 0.114. The standard InChI is InChI=1S/C11H20N2O4/c1-3-17-11(16)12-10(15)7-13-5-4-8(2)9(14)6-13/h8-9,14H,3-7H2,1-2H3,(H,12,15,16). The summed E-state index contributed by atoms with van der Waals surface area (Å²) in [6.07, 6.45) is -0.268. The molecule has 1 rings (SSSR count). The Kier molecular flexibility index (Phi) is 5.37. The van der Waals surface area contributed by atoms with Gasteiger partial charge in [-0.15, -0.1) is 0 Å². The first-order valence-corrected chi connectivity index (χ1v) is 5.90. The summed E-state index contributed by atoms with van der Waals surface area (Å²) in [7, 11) is 0. The molecule has 1 saturated heterocycles. The predicted octanol–water partition coefficient (Wildman–Crippen LogP) is -0.0382. The van der Waals surface area contributed by atoms with Gasteiger partial charge in [-0.25, -0.2) is 4.79 Å². The second kappa shape index (κ2) is 6.56. The maximum atomic E-state index is 11.4. The highest BCUT2D eigenvalue weighted by molar-refractivity contribution is 5.92. The number of carbonyl (C=O) groups excluding carboxylic acids is 2. The zero-order valence-corrected chi connectivity index (χ0v) is 10.3. The Bertz CT molecular complexity index is 283. The number of aliphatic hydroxyl groups excluding tert-OH is 1. The Morgan fingerprint density at radius 1 is 1.53 bits per heavy atom. The van der Waals surface area contributed by atoms with Crippen LogP contribution in [-0.2, 0) is 9.53 Å². The van der Waals surface area contributed by atoms with Gasteiger partial charge < -0.3 is 9.84 Å². The summed E-state index contributed by atoms with van der Waals surface area (Å²) < 4.78 is 4.60. The summed E-state index contributed by atoms with van der Waals surface area (Å²) in [4.78, 5) is 24.3. The molecule has 0 aromatic rings. The number of rotatable bonds is 3. The van der Waals surface area contributed by atoms with Crippen molar-refractivity contribution in [1.82, 2.24) is 10.2 Å². The van der Waals surface area contributed by atoms with Gasteiger partial charge in [0.05, 0.1) is 19.3 Å². The molecule has 2 N–H and O–H groups in total. The van der Waals surface area contributed by atoms with Crippen molar-refractivity contribution < 1.29 is 19.4 Å². The van der Waals surface area contributed by atoms with E-state index in [0.717, 1.165) is 13.0 Å². The van der Waals surface area contributed by atoms with Crippen molar-refractivity contribution in [2.45, 2.75) is 26.4 Å². The number of hydrogen-bond donors (Lipinski definition) is 2. The Morgan fingerprint density at radius 2 is 2.24 bits per heavy atom. The molecule has 6 heteroatoms. The van der Waals surface area contributed by atoms with Gasteiger partial charge >= 0.3 is 6.09 Å². The van der Waals surface area contributed by atoms with Crippen LogP contribution < -0.4 is 5.32 Å². The SMILES string of the molecule is CCOC(=O)NC(=O)CN1CCC(C)C(O)C1. The molecule has 0 aromatic heterocycles. The molecular formula is C11H20N2O4. The number of nitrogens with zero attached hydrogens (tertiary/aromatic N) is 1. The van der Waals surface area contributed by atoms with E-state index >= 15 is 0 Å². The van der Waals surface area contributed by atoms with E-state index in [1.807, 2.05) is 11.8 Å². The zero-order chi connectivity index (χ0) is 12.8. The Labute approximate surface area is 101 Å². The highest BCUT2D eigenvalue weighted by atomic mass is 16.5. The fourth-order valence-corrected chi connectivity index (χ4v) is 1.78. The van der Waals surface area contributed by atoms with Crippen molar-refractivity contribution in [3.63, 3.8) is 0 Å². The van der Waals surface area contributed by atoms with Crippen molar-refractivity contribution >= 4 is 12.0 Å². The van der Waals surface area contributed by atoms with E-state index < -0.39 is 18.1 Å². The molecule has 0 aromatic carbocycles. The Balaban J connectivity index is 2.29. The van der Waals surface area contributed by atoms with E-state index in [0.29, 0.717) is 6.54 Å².